The summed E-state index contributed by atoms with van der Waals surface area (Å²) in [6.07, 6.45) is 1.95. The van der Waals surface area contributed by atoms with Gasteiger partial charge in [0.05, 0.1) is 23.7 Å². The van der Waals surface area contributed by atoms with Crippen LogP contribution in [0.25, 0.3) is 22.2 Å². The van der Waals surface area contributed by atoms with Gasteiger partial charge in [0, 0.05) is 17.8 Å². The first-order valence-electron chi connectivity index (χ1n) is 9.98. The van der Waals surface area contributed by atoms with Crippen molar-refractivity contribution >= 4 is 16.6 Å². The number of halogens is 1. The molecule has 0 aliphatic carbocycles. The lowest BCUT2D eigenvalue weighted by molar-refractivity contribution is 0.330. The van der Waals surface area contributed by atoms with Crippen LogP contribution in [0, 0.1) is 5.82 Å². The van der Waals surface area contributed by atoms with E-state index in [2.05, 4.69) is 22.2 Å². The first-order valence-corrected chi connectivity index (χ1v) is 9.98. The number of pyridine rings is 1. The zero-order valence-corrected chi connectivity index (χ0v) is 17.1. The number of nitrogens with zero attached hydrogens (tertiary/aromatic N) is 2. The van der Waals surface area contributed by atoms with E-state index in [-0.39, 0.29) is 5.82 Å². The molecule has 1 aromatic heterocycles. The highest BCUT2D eigenvalue weighted by Gasteiger charge is 2.11. The lowest BCUT2D eigenvalue weighted by Crippen LogP contribution is -2.24. The molecule has 0 saturated carbocycles. The molecular formula is C23H29FN4O. The standard InChI is InChI=1S/C23H29FN4O/c1-28(14-4-12-25)15-5-13-26-22-16-21(17-8-10-18(29-2)11-9-17)27-20-7-3-6-19(24)23(20)22/h3,6-11,16H,4-5,12-15,25H2,1-2H3,(H,26,27). The third-order valence-corrected chi connectivity index (χ3v) is 4.94. The van der Waals surface area contributed by atoms with Gasteiger partial charge in [-0.15, -0.1) is 0 Å². The minimum atomic E-state index is -0.265. The Balaban J connectivity index is 1.80. The maximum atomic E-state index is 14.5. The predicted molar refractivity (Wildman–Crippen MR) is 118 cm³/mol. The van der Waals surface area contributed by atoms with Gasteiger partial charge in [0.1, 0.15) is 11.6 Å². The zero-order valence-electron chi connectivity index (χ0n) is 17.1. The smallest absolute Gasteiger partial charge is 0.134 e. The highest BCUT2D eigenvalue weighted by molar-refractivity contribution is 5.94. The van der Waals surface area contributed by atoms with Crippen LogP contribution in [-0.4, -0.2) is 50.2 Å². The van der Waals surface area contributed by atoms with Gasteiger partial charge >= 0.3 is 0 Å². The van der Waals surface area contributed by atoms with Crippen molar-refractivity contribution in [1.82, 2.24) is 9.88 Å². The number of nitrogens with one attached hydrogen (secondary N) is 1. The Kier molecular flexibility index (Phi) is 7.38. The van der Waals surface area contributed by atoms with Crippen LogP contribution < -0.4 is 15.8 Å². The fourth-order valence-electron chi connectivity index (χ4n) is 3.34. The van der Waals surface area contributed by atoms with Gasteiger partial charge in [-0.2, -0.15) is 0 Å². The van der Waals surface area contributed by atoms with Gasteiger partial charge in [-0.3, -0.25) is 0 Å². The van der Waals surface area contributed by atoms with E-state index in [9.17, 15) is 4.39 Å². The molecule has 6 heteroatoms. The van der Waals surface area contributed by atoms with Gasteiger partial charge in [-0.25, -0.2) is 9.37 Å². The molecule has 29 heavy (non-hydrogen) atoms. The molecule has 0 saturated heterocycles. The van der Waals surface area contributed by atoms with Crippen LogP contribution in [0.15, 0.2) is 48.5 Å². The van der Waals surface area contributed by atoms with E-state index in [1.807, 2.05) is 36.4 Å². The third-order valence-electron chi connectivity index (χ3n) is 4.94. The van der Waals surface area contributed by atoms with Crippen molar-refractivity contribution in [2.24, 2.45) is 5.73 Å². The van der Waals surface area contributed by atoms with Crippen molar-refractivity contribution in [1.29, 1.82) is 0 Å². The number of rotatable bonds is 10. The molecule has 3 aromatic rings. The van der Waals surface area contributed by atoms with Crippen LogP contribution in [0.4, 0.5) is 10.1 Å². The van der Waals surface area contributed by atoms with Crippen LogP contribution in [0.3, 0.4) is 0 Å². The number of hydrogen-bond acceptors (Lipinski definition) is 5. The molecule has 0 unspecified atom stereocenters. The molecule has 0 aliphatic heterocycles. The molecule has 3 rings (SSSR count). The topological polar surface area (TPSA) is 63.4 Å². The van der Waals surface area contributed by atoms with Crippen molar-refractivity contribution < 1.29 is 9.13 Å². The fraction of sp³-hybridized carbons (Fsp3) is 0.348. The minimum Gasteiger partial charge on any atom is -0.497 e. The summed E-state index contributed by atoms with van der Waals surface area (Å²) in [6, 6.07) is 14.7. The van der Waals surface area contributed by atoms with Crippen molar-refractivity contribution in [2.45, 2.75) is 12.8 Å². The molecule has 3 N–H and O–H groups in total. The molecule has 5 nitrogen and oxygen atoms in total. The summed E-state index contributed by atoms with van der Waals surface area (Å²) in [4.78, 5) is 6.94. The van der Waals surface area contributed by atoms with Crippen LogP contribution in [-0.2, 0) is 0 Å². The van der Waals surface area contributed by atoms with Crippen molar-refractivity contribution in [3.8, 4) is 17.0 Å². The quantitative estimate of drug-likeness (QED) is 0.505. The number of fused-ring (bicyclic) bond motifs is 1. The average molecular weight is 397 g/mol. The lowest BCUT2D eigenvalue weighted by atomic mass is 10.1. The zero-order chi connectivity index (χ0) is 20.6. The van der Waals surface area contributed by atoms with Crippen molar-refractivity contribution in [3.05, 3.63) is 54.3 Å². The van der Waals surface area contributed by atoms with E-state index < -0.39 is 0 Å². The molecular weight excluding hydrogens is 367 g/mol. The molecule has 0 fully saturated rings. The molecule has 154 valence electrons. The number of hydrogen-bond donors (Lipinski definition) is 2. The summed E-state index contributed by atoms with van der Waals surface area (Å²) in [7, 11) is 3.74. The number of methoxy groups -OCH3 is 1. The van der Waals surface area contributed by atoms with Gasteiger partial charge in [0.25, 0.3) is 0 Å². The van der Waals surface area contributed by atoms with Gasteiger partial charge in [-0.1, -0.05) is 6.07 Å². The van der Waals surface area contributed by atoms with E-state index in [0.29, 0.717) is 17.4 Å². The van der Waals surface area contributed by atoms with E-state index >= 15 is 0 Å². The summed E-state index contributed by atoms with van der Waals surface area (Å²) < 4.78 is 19.8. The first kappa shape index (κ1) is 21.0. The summed E-state index contributed by atoms with van der Waals surface area (Å²) in [5.41, 5.74) is 8.73. The second-order valence-corrected chi connectivity index (χ2v) is 7.14. The lowest BCUT2D eigenvalue weighted by Gasteiger charge is -2.17. The molecule has 0 bridgehead atoms. The SMILES string of the molecule is COc1ccc(-c2cc(NCCCN(C)CCCN)c3c(F)cccc3n2)cc1. The average Bonchev–Trinajstić information content (AvgIpc) is 2.75. The maximum Gasteiger partial charge on any atom is 0.134 e. The van der Waals surface area contributed by atoms with E-state index in [4.69, 9.17) is 10.5 Å². The van der Waals surface area contributed by atoms with Crippen molar-refractivity contribution in [3.63, 3.8) is 0 Å². The van der Waals surface area contributed by atoms with Gasteiger partial charge in [0.15, 0.2) is 0 Å². The van der Waals surface area contributed by atoms with Crippen LogP contribution in [0.2, 0.25) is 0 Å². The summed E-state index contributed by atoms with van der Waals surface area (Å²) in [5, 5.41) is 3.95. The fourth-order valence-corrected chi connectivity index (χ4v) is 3.34. The number of aromatic nitrogens is 1. The predicted octanol–water partition coefficient (Wildman–Crippen LogP) is 4.13. The summed E-state index contributed by atoms with van der Waals surface area (Å²) in [6.45, 7) is 3.41. The molecule has 0 aliphatic rings. The highest BCUT2D eigenvalue weighted by atomic mass is 19.1. The first-order chi connectivity index (χ1) is 14.1. The molecule has 2 aromatic carbocycles. The van der Waals surface area contributed by atoms with Crippen molar-refractivity contribution in [2.75, 3.05) is 45.7 Å². The molecule has 1 heterocycles. The molecule has 0 spiro atoms. The van der Waals surface area contributed by atoms with Crippen LogP contribution in [0.5, 0.6) is 5.75 Å². The monoisotopic (exact) mass is 396 g/mol. The van der Waals surface area contributed by atoms with Gasteiger partial charge in [0.2, 0.25) is 0 Å². The van der Waals surface area contributed by atoms with E-state index in [1.54, 1.807) is 13.2 Å². The van der Waals surface area contributed by atoms with Gasteiger partial charge in [-0.05, 0) is 82.0 Å². The molecule has 0 atom stereocenters. The second kappa shape index (κ2) is 10.2. The number of nitrogens with two attached hydrogens (primary N) is 1. The highest BCUT2D eigenvalue weighted by Crippen LogP contribution is 2.30. The van der Waals surface area contributed by atoms with Crippen LogP contribution >= 0.6 is 0 Å². The maximum absolute atomic E-state index is 14.5. The van der Waals surface area contributed by atoms with E-state index in [1.165, 1.54) is 6.07 Å². The Bertz CT molecular complexity index is 930. The third kappa shape index (κ3) is 5.43. The summed E-state index contributed by atoms with van der Waals surface area (Å²) >= 11 is 0. The normalized spacial score (nSPS) is 11.2. The Morgan fingerprint density at radius 3 is 2.59 bits per heavy atom. The number of benzene rings is 2. The Hall–Kier alpha value is -2.70. The van der Waals surface area contributed by atoms with Gasteiger partial charge < -0.3 is 20.7 Å². The Morgan fingerprint density at radius 2 is 1.86 bits per heavy atom. The molecule has 0 radical (unpaired) electrons. The number of anilines is 1. The second-order valence-electron chi connectivity index (χ2n) is 7.14. The number of ether oxygens (including phenoxy) is 1. The van der Waals surface area contributed by atoms with E-state index in [0.717, 1.165) is 55.2 Å². The Morgan fingerprint density at radius 1 is 1.10 bits per heavy atom. The summed E-state index contributed by atoms with van der Waals surface area (Å²) in [5.74, 6) is 0.525. The van der Waals surface area contributed by atoms with Crippen LogP contribution in [0.1, 0.15) is 12.8 Å². The Labute approximate surface area is 171 Å². The minimum absolute atomic E-state index is 0.265. The molecule has 0 amide bonds. The largest absolute Gasteiger partial charge is 0.497 e.